The molecule has 0 radical (unpaired) electrons. The molecule has 5 nitrogen and oxygen atoms in total. The van der Waals surface area contributed by atoms with E-state index < -0.39 is 0 Å². The first-order chi connectivity index (χ1) is 15.4. The lowest BCUT2D eigenvalue weighted by Crippen LogP contribution is -2.33. The molecule has 0 unspecified atom stereocenters. The Bertz CT molecular complexity index is 1350. The molecular formula is C27H26N2O3. The van der Waals surface area contributed by atoms with Gasteiger partial charge in [0.05, 0.1) is 19.2 Å². The number of fused-ring (bicyclic) bond motifs is 1. The maximum Gasteiger partial charge on any atom is 0.258 e. The lowest BCUT2D eigenvalue weighted by Gasteiger charge is -2.25. The highest BCUT2D eigenvalue weighted by Gasteiger charge is 2.22. The van der Waals surface area contributed by atoms with Gasteiger partial charge in [0.1, 0.15) is 5.75 Å². The normalized spacial score (nSPS) is 10.9. The first-order valence-corrected chi connectivity index (χ1v) is 10.5. The number of aromatic nitrogens is 1. The SMILES string of the molecule is COc1ccc(C(=O)N(Cc2cc3cccc(C)c3[nH]c2=O)c2cccc(C)c2C)cc1. The first-order valence-electron chi connectivity index (χ1n) is 10.5. The predicted molar refractivity (Wildman–Crippen MR) is 129 cm³/mol. The van der Waals surface area contributed by atoms with E-state index in [1.54, 1.807) is 36.3 Å². The van der Waals surface area contributed by atoms with Gasteiger partial charge in [0.2, 0.25) is 0 Å². The highest BCUT2D eigenvalue weighted by atomic mass is 16.5. The molecule has 162 valence electrons. The molecule has 1 heterocycles. The Morgan fingerprint density at radius 3 is 2.34 bits per heavy atom. The van der Waals surface area contributed by atoms with E-state index in [-0.39, 0.29) is 18.0 Å². The van der Waals surface area contributed by atoms with Gasteiger partial charge in [-0.25, -0.2) is 0 Å². The Balaban J connectivity index is 1.81. The topological polar surface area (TPSA) is 62.4 Å². The van der Waals surface area contributed by atoms with Crippen LogP contribution in [-0.4, -0.2) is 18.0 Å². The highest BCUT2D eigenvalue weighted by molar-refractivity contribution is 6.06. The summed E-state index contributed by atoms with van der Waals surface area (Å²) in [4.78, 5) is 31.2. The molecule has 1 N–H and O–H groups in total. The summed E-state index contributed by atoms with van der Waals surface area (Å²) < 4.78 is 5.22. The van der Waals surface area contributed by atoms with Crippen molar-refractivity contribution in [3.8, 4) is 5.75 Å². The number of para-hydroxylation sites is 1. The zero-order valence-electron chi connectivity index (χ0n) is 18.7. The van der Waals surface area contributed by atoms with Crippen LogP contribution >= 0.6 is 0 Å². The number of rotatable bonds is 5. The van der Waals surface area contributed by atoms with E-state index in [0.29, 0.717) is 16.9 Å². The van der Waals surface area contributed by atoms with Gasteiger partial charge < -0.3 is 14.6 Å². The van der Waals surface area contributed by atoms with Crippen LogP contribution in [0.15, 0.2) is 71.5 Å². The highest BCUT2D eigenvalue weighted by Crippen LogP contribution is 2.27. The van der Waals surface area contributed by atoms with E-state index in [1.165, 1.54) is 0 Å². The number of benzene rings is 3. The summed E-state index contributed by atoms with van der Waals surface area (Å²) in [6.45, 7) is 6.13. The molecular weight excluding hydrogens is 400 g/mol. The quantitative estimate of drug-likeness (QED) is 0.470. The molecule has 0 aliphatic rings. The molecule has 0 atom stereocenters. The van der Waals surface area contributed by atoms with Crippen LogP contribution in [0.3, 0.4) is 0 Å². The third kappa shape index (κ3) is 4.02. The summed E-state index contributed by atoms with van der Waals surface area (Å²) in [7, 11) is 1.59. The summed E-state index contributed by atoms with van der Waals surface area (Å²) in [6, 6.07) is 20.7. The molecule has 0 bridgehead atoms. The van der Waals surface area contributed by atoms with Crippen molar-refractivity contribution in [2.45, 2.75) is 27.3 Å². The van der Waals surface area contributed by atoms with Crippen LogP contribution < -0.4 is 15.2 Å². The summed E-state index contributed by atoms with van der Waals surface area (Å²) in [5.41, 5.74) is 5.57. The monoisotopic (exact) mass is 426 g/mol. The molecule has 0 saturated carbocycles. The lowest BCUT2D eigenvalue weighted by molar-refractivity contribution is 0.0985. The predicted octanol–water partition coefficient (Wildman–Crippen LogP) is 5.31. The number of aromatic amines is 1. The molecule has 0 fully saturated rings. The minimum atomic E-state index is -0.190. The maximum absolute atomic E-state index is 13.6. The van der Waals surface area contributed by atoms with E-state index in [0.717, 1.165) is 33.3 Å². The molecule has 1 aromatic heterocycles. The number of aryl methyl sites for hydroxylation is 2. The number of amides is 1. The second-order valence-corrected chi connectivity index (χ2v) is 8.00. The number of carbonyl (C=O) groups excluding carboxylic acids is 1. The van der Waals surface area contributed by atoms with Crippen molar-refractivity contribution in [1.82, 2.24) is 4.98 Å². The van der Waals surface area contributed by atoms with E-state index in [1.807, 2.05) is 63.2 Å². The second-order valence-electron chi connectivity index (χ2n) is 8.00. The van der Waals surface area contributed by atoms with Crippen molar-refractivity contribution in [3.05, 3.63) is 105 Å². The van der Waals surface area contributed by atoms with Crippen molar-refractivity contribution in [3.63, 3.8) is 0 Å². The zero-order chi connectivity index (χ0) is 22.8. The van der Waals surface area contributed by atoms with Gasteiger partial charge in [-0.3, -0.25) is 9.59 Å². The molecule has 5 heteroatoms. The summed E-state index contributed by atoms with van der Waals surface area (Å²) in [6.07, 6.45) is 0. The molecule has 0 saturated heterocycles. The number of hydrogen-bond acceptors (Lipinski definition) is 3. The Morgan fingerprint density at radius 1 is 0.938 bits per heavy atom. The standard InChI is InChI=1S/C27H26N2O3/c1-17-7-6-10-24(19(17)3)29(27(31)20-11-13-23(32-4)14-12-20)16-22-15-21-9-5-8-18(2)25(21)28-26(22)30/h5-15H,16H2,1-4H3,(H,28,30). The van der Waals surface area contributed by atoms with E-state index in [4.69, 9.17) is 4.74 Å². The third-order valence-electron chi connectivity index (χ3n) is 5.94. The van der Waals surface area contributed by atoms with E-state index in [9.17, 15) is 9.59 Å². The number of nitrogens with zero attached hydrogens (tertiary/aromatic N) is 1. The molecule has 1 amide bonds. The number of pyridine rings is 1. The lowest BCUT2D eigenvalue weighted by atomic mass is 10.0. The smallest absolute Gasteiger partial charge is 0.258 e. The first kappa shape index (κ1) is 21.4. The fourth-order valence-corrected chi connectivity index (χ4v) is 3.90. The van der Waals surface area contributed by atoms with Crippen molar-refractivity contribution in [2.75, 3.05) is 12.0 Å². The number of nitrogens with one attached hydrogen (secondary N) is 1. The van der Waals surface area contributed by atoms with Gasteiger partial charge in [-0.05, 0) is 79.2 Å². The molecule has 32 heavy (non-hydrogen) atoms. The fourth-order valence-electron chi connectivity index (χ4n) is 3.90. The molecule has 0 spiro atoms. The average Bonchev–Trinajstić information content (AvgIpc) is 2.80. The third-order valence-corrected chi connectivity index (χ3v) is 5.94. The van der Waals surface area contributed by atoms with Gasteiger partial charge in [-0.2, -0.15) is 0 Å². The largest absolute Gasteiger partial charge is 0.497 e. The summed E-state index contributed by atoms with van der Waals surface area (Å²) >= 11 is 0. The molecule has 0 aliphatic carbocycles. The van der Waals surface area contributed by atoms with Crippen LogP contribution in [0.4, 0.5) is 5.69 Å². The number of methoxy groups -OCH3 is 1. The number of carbonyl (C=O) groups is 1. The van der Waals surface area contributed by atoms with Gasteiger partial charge in [0, 0.05) is 16.8 Å². The van der Waals surface area contributed by atoms with Crippen molar-refractivity contribution >= 4 is 22.5 Å². The van der Waals surface area contributed by atoms with E-state index >= 15 is 0 Å². The maximum atomic E-state index is 13.6. The summed E-state index contributed by atoms with van der Waals surface area (Å²) in [5.74, 6) is 0.506. The Kier molecular flexibility index (Phi) is 5.82. The van der Waals surface area contributed by atoms with Crippen LogP contribution in [-0.2, 0) is 6.54 Å². The van der Waals surface area contributed by atoms with Gasteiger partial charge in [-0.1, -0.05) is 30.3 Å². The molecule has 4 aromatic rings. The Morgan fingerprint density at radius 2 is 1.62 bits per heavy atom. The van der Waals surface area contributed by atoms with Gasteiger partial charge in [0.15, 0.2) is 0 Å². The van der Waals surface area contributed by atoms with Crippen molar-refractivity contribution < 1.29 is 9.53 Å². The number of H-pyrrole nitrogens is 1. The number of hydrogen-bond donors (Lipinski definition) is 1. The minimum Gasteiger partial charge on any atom is -0.497 e. The Labute approximate surface area is 187 Å². The number of anilines is 1. The summed E-state index contributed by atoms with van der Waals surface area (Å²) in [5, 5.41) is 0.942. The van der Waals surface area contributed by atoms with Crippen LogP contribution in [0.5, 0.6) is 5.75 Å². The molecule has 4 rings (SSSR count). The van der Waals surface area contributed by atoms with Gasteiger partial charge in [-0.15, -0.1) is 0 Å². The number of ether oxygens (including phenoxy) is 1. The zero-order valence-corrected chi connectivity index (χ0v) is 18.7. The van der Waals surface area contributed by atoms with Crippen LogP contribution in [0.1, 0.15) is 32.6 Å². The van der Waals surface area contributed by atoms with Gasteiger partial charge >= 0.3 is 0 Å². The van der Waals surface area contributed by atoms with E-state index in [2.05, 4.69) is 4.98 Å². The van der Waals surface area contributed by atoms with Crippen molar-refractivity contribution in [1.29, 1.82) is 0 Å². The fraction of sp³-hybridized carbons (Fsp3) is 0.185. The average molecular weight is 427 g/mol. The second kappa shape index (κ2) is 8.71. The van der Waals surface area contributed by atoms with Crippen molar-refractivity contribution in [2.24, 2.45) is 0 Å². The minimum absolute atomic E-state index is 0.161. The van der Waals surface area contributed by atoms with Gasteiger partial charge in [0.25, 0.3) is 11.5 Å². The molecule has 0 aliphatic heterocycles. The van der Waals surface area contributed by atoms with Crippen LogP contribution in [0, 0.1) is 20.8 Å². The van der Waals surface area contributed by atoms with Crippen LogP contribution in [0.25, 0.3) is 10.9 Å². The molecule has 3 aromatic carbocycles. The van der Waals surface area contributed by atoms with Crippen LogP contribution in [0.2, 0.25) is 0 Å². The Hall–Kier alpha value is -3.86.